The second kappa shape index (κ2) is 8.30. The van der Waals surface area contributed by atoms with Gasteiger partial charge in [-0.1, -0.05) is 0 Å². The number of carbonyl (C=O) groups excluding carboxylic acids is 1. The molecule has 8 nitrogen and oxygen atoms in total. The largest absolute Gasteiger partial charge is 0.496 e. The molecule has 3 aromatic rings. The Morgan fingerprint density at radius 2 is 2.00 bits per heavy atom. The van der Waals surface area contributed by atoms with Gasteiger partial charge in [0.05, 0.1) is 35.2 Å². The first-order valence-corrected chi connectivity index (χ1v) is 10.1. The normalized spacial score (nSPS) is 17.8. The van der Waals surface area contributed by atoms with Gasteiger partial charge in [0.15, 0.2) is 0 Å². The van der Waals surface area contributed by atoms with Crippen molar-refractivity contribution in [3.8, 4) is 17.1 Å². The second-order valence-corrected chi connectivity index (χ2v) is 7.85. The lowest BCUT2D eigenvalue weighted by Gasteiger charge is -2.36. The van der Waals surface area contributed by atoms with Crippen LogP contribution >= 0.6 is 0 Å². The van der Waals surface area contributed by atoms with E-state index >= 15 is 0 Å². The molecule has 0 saturated heterocycles. The fourth-order valence-electron chi connectivity index (χ4n) is 3.91. The summed E-state index contributed by atoms with van der Waals surface area (Å²) in [6, 6.07) is 5.66. The number of hydrogen-bond donors (Lipinski definition) is 1. The number of hydrogen-bond acceptors (Lipinski definition) is 6. The van der Waals surface area contributed by atoms with Crippen LogP contribution in [-0.4, -0.2) is 32.5 Å². The van der Waals surface area contributed by atoms with Gasteiger partial charge in [0, 0.05) is 18.8 Å². The third-order valence-electron chi connectivity index (χ3n) is 5.57. The van der Waals surface area contributed by atoms with Crippen LogP contribution in [0.3, 0.4) is 0 Å². The molecule has 0 fully saturated rings. The van der Waals surface area contributed by atoms with Crippen LogP contribution in [0.25, 0.3) is 11.4 Å². The number of nitrogens with zero attached hydrogens (tertiary/aromatic N) is 4. The third-order valence-corrected chi connectivity index (χ3v) is 5.57. The molecule has 1 unspecified atom stereocenters. The van der Waals surface area contributed by atoms with Crippen LogP contribution < -0.4 is 15.6 Å². The van der Waals surface area contributed by atoms with Crippen molar-refractivity contribution in [3.05, 3.63) is 70.2 Å². The number of ether oxygens (including phenoxy) is 1. The van der Waals surface area contributed by atoms with E-state index in [-0.39, 0.29) is 16.9 Å². The molecule has 2 aromatic heterocycles. The maximum atomic E-state index is 13.1. The monoisotopic (exact) mass is 459 g/mol. The summed E-state index contributed by atoms with van der Waals surface area (Å²) in [5.74, 6) is -0.505. The van der Waals surface area contributed by atoms with Crippen molar-refractivity contribution in [2.24, 2.45) is 0 Å². The maximum absolute atomic E-state index is 13.1. The van der Waals surface area contributed by atoms with Crippen LogP contribution in [0.2, 0.25) is 0 Å². The highest BCUT2D eigenvalue weighted by molar-refractivity contribution is 5.97. The van der Waals surface area contributed by atoms with Gasteiger partial charge in [-0.2, -0.15) is 13.2 Å². The van der Waals surface area contributed by atoms with E-state index in [9.17, 15) is 22.8 Å². The summed E-state index contributed by atoms with van der Waals surface area (Å²) in [7, 11) is 1.19. The van der Waals surface area contributed by atoms with Crippen LogP contribution in [0, 0.1) is 0 Å². The fourth-order valence-corrected chi connectivity index (χ4v) is 3.91. The summed E-state index contributed by atoms with van der Waals surface area (Å²) in [6.45, 7) is 2.16. The minimum absolute atomic E-state index is 0.0573. The molecule has 0 aliphatic carbocycles. The molecule has 1 aliphatic rings. The SMILES string of the molecule is COc1cc(C(F)(F)F)ccc1C(=O)NC1(C)CCCn2c1nc(-c1ccncn1)cc2=O. The predicted molar refractivity (Wildman–Crippen MR) is 112 cm³/mol. The number of amides is 1. The van der Waals surface area contributed by atoms with Gasteiger partial charge in [0.25, 0.3) is 11.5 Å². The Morgan fingerprint density at radius 3 is 2.67 bits per heavy atom. The van der Waals surface area contributed by atoms with Gasteiger partial charge >= 0.3 is 6.18 Å². The van der Waals surface area contributed by atoms with E-state index in [2.05, 4.69) is 20.3 Å². The van der Waals surface area contributed by atoms with Gasteiger partial charge in [-0.25, -0.2) is 15.0 Å². The van der Waals surface area contributed by atoms with Crippen molar-refractivity contribution in [2.45, 2.75) is 38.0 Å². The Bertz CT molecular complexity index is 1260. The molecular formula is C22H20F3N5O3. The van der Waals surface area contributed by atoms with E-state index < -0.39 is 23.2 Å². The molecule has 33 heavy (non-hydrogen) atoms. The summed E-state index contributed by atoms with van der Waals surface area (Å²) in [5.41, 5.74) is -1.53. The molecule has 0 radical (unpaired) electrons. The summed E-state index contributed by atoms with van der Waals surface area (Å²) in [4.78, 5) is 38.5. The molecule has 0 spiro atoms. The topological polar surface area (TPSA) is 99.0 Å². The summed E-state index contributed by atoms with van der Waals surface area (Å²) in [6.07, 6.45) is -0.631. The zero-order chi connectivity index (χ0) is 23.8. The Morgan fingerprint density at radius 1 is 1.21 bits per heavy atom. The van der Waals surface area contributed by atoms with Crippen LogP contribution in [0.15, 0.2) is 47.7 Å². The molecule has 1 aromatic carbocycles. The molecular weight excluding hydrogens is 439 g/mol. The van der Waals surface area contributed by atoms with Gasteiger partial charge in [-0.15, -0.1) is 0 Å². The first-order valence-electron chi connectivity index (χ1n) is 10.1. The van der Waals surface area contributed by atoms with Crippen molar-refractivity contribution in [3.63, 3.8) is 0 Å². The standard InChI is InChI=1S/C22H20F3N5O3/c1-21(29-19(32)14-5-4-13(22(23,24)25)10-17(14)33-2)7-3-9-30-18(31)11-16(28-20(21)30)15-6-8-26-12-27-15/h4-6,8,10-12H,3,7,9H2,1-2H3,(H,29,32). The van der Waals surface area contributed by atoms with Crippen LogP contribution in [0.5, 0.6) is 5.75 Å². The molecule has 1 aliphatic heterocycles. The predicted octanol–water partition coefficient (Wildman–Crippen LogP) is 3.17. The first kappa shape index (κ1) is 22.4. The third kappa shape index (κ3) is 4.30. The first-order chi connectivity index (χ1) is 15.6. The number of benzene rings is 1. The minimum atomic E-state index is -4.57. The summed E-state index contributed by atoms with van der Waals surface area (Å²) >= 11 is 0. The second-order valence-electron chi connectivity index (χ2n) is 7.85. The van der Waals surface area contributed by atoms with E-state index in [4.69, 9.17) is 4.74 Å². The number of methoxy groups -OCH3 is 1. The number of fused-ring (bicyclic) bond motifs is 1. The van der Waals surface area contributed by atoms with E-state index in [0.717, 1.165) is 18.2 Å². The van der Waals surface area contributed by atoms with E-state index in [1.165, 1.54) is 30.3 Å². The average Bonchev–Trinajstić information content (AvgIpc) is 2.79. The van der Waals surface area contributed by atoms with Gasteiger partial charge in [0.2, 0.25) is 0 Å². The smallest absolute Gasteiger partial charge is 0.416 e. The number of halogens is 3. The Kier molecular flexibility index (Phi) is 5.64. The molecule has 172 valence electrons. The molecule has 11 heteroatoms. The Labute approximate surface area is 186 Å². The van der Waals surface area contributed by atoms with Crippen LogP contribution in [0.4, 0.5) is 13.2 Å². The highest BCUT2D eigenvalue weighted by Gasteiger charge is 2.38. The van der Waals surface area contributed by atoms with Gasteiger partial charge in [-0.3, -0.25) is 14.2 Å². The molecule has 1 N–H and O–H groups in total. The lowest BCUT2D eigenvalue weighted by Crippen LogP contribution is -2.50. The van der Waals surface area contributed by atoms with Crippen molar-refractivity contribution in [2.75, 3.05) is 7.11 Å². The highest BCUT2D eigenvalue weighted by atomic mass is 19.4. The van der Waals surface area contributed by atoms with Crippen molar-refractivity contribution < 1.29 is 22.7 Å². The number of carbonyl (C=O) groups is 1. The lowest BCUT2D eigenvalue weighted by molar-refractivity contribution is -0.137. The minimum Gasteiger partial charge on any atom is -0.496 e. The van der Waals surface area contributed by atoms with Crippen molar-refractivity contribution in [1.82, 2.24) is 24.8 Å². The number of alkyl halides is 3. The lowest BCUT2D eigenvalue weighted by atomic mass is 9.90. The van der Waals surface area contributed by atoms with Gasteiger partial charge < -0.3 is 10.1 Å². The van der Waals surface area contributed by atoms with Crippen LogP contribution in [-0.2, 0) is 18.3 Å². The molecule has 3 heterocycles. The van der Waals surface area contributed by atoms with Crippen LogP contribution in [0.1, 0.15) is 41.5 Å². The molecule has 0 bridgehead atoms. The maximum Gasteiger partial charge on any atom is 0.416 e. The van der Waals surface area contributed by atoms with Crippen molar-refractivity contribution in [1.29, 1.82) is 0 Å². The average molecular weight is 459 g/mol. The van der Waals surface area contributed by atoms with Crippen molar-refractivity contribution >= 4 is 5.91 Å². The molecule has 1 atom stereocenters. The summed E-state index contributed by atoms with van der Waals surface area (Å²) < 4.78 is 45.7. The van der Waals surface area contributed by atoms with Gasteiger partial charge in [-0.05, 0) is 44.0 Å². The zero-order valence-electron chi connectivity index (χ0n) is 17.8. The highest BCUT2D eigenvalue weighted by Crippen LogP contribution is 2.34. The van der Waals surface area contributed by atoms with E-state index in [1.54, 1.807) is 13.0 Å². The number of aromatic nitrogens is 4. The number of rotatable bonds is 4. The fraction of sp³-hybridized carbons (Fsp3) is 0.318. The van der Waals surface area contributed by atoms with E-state index in [1.807, 2.05) is 0 Å². The Balaban J connectivity index is 1.72. The summed E-state index contributed by atoms with van der Waals surface area (Å²) in [5, 5.41) is 2.85. The molecule has 4 rings (SSSR count). The molecule has 1 amide bonds. The molecule has 0 saturated carbocycles. The van der Waals surface area contributed by atoms with Gasteiger partial charge in [0.1, 0.15) is 17.9 Å². The zero-order valence-corrected chi connectivity index (χ0v) is 17.8. The van der Waals surface area contributed by atoms with E-state index in [0.29, 0.717) is 36.6 Å². The Hall–Kier alpha value is -3.76. The quantitative estimate of drug-likeness (QED) is 0.644. The number of nitrogens with one attached hydrogen (secondary N) is 1.